The molecular formula is C19H11BrF5NO. The summed E-state index contributed by atoms with van der Waals surface area (Å²) in [5.74, 6) is -2.81. The van der Waals surface area contributed by atoms with Crippen molar-refractivity contribution >= 4 is 15.9 Å². The van der Waals surface area contributed by atoms with E-state index < -0.39 is 29.3 Å². The molecule has 3 rings (SSSR count). The Kier molecular flexibility index (Phi) is 5.19. The van der Waals surface area contributed by atoms with Crippen molar-refractivity contribution in [3.05, 3.63) is 75.8 Å². The van der Waals surface area contributed by atoms with E-state index in [1.807, 2.05) is 0 Å². The molecule has 0 N–H and O–H groups in total. The zero-order valence-corrected chi connectivity index (χ0v) is 15.3. The van der Waals surface area contributed by atoms with Gasteiger partial charge in [-0.1, -0.05) is 34.1 Å². The van der Waals surface area contributed by atoms with Crippen molar-refractivity contribution in [3.63, 3.8) is 0 Å². The topological polar surface area (TPSA) is 22.1 Å². The normalized spacial score (nSPS) is 11.5. The summed E-state index contributed by atoms with van der Waals surface area (Å²) in [6.45, 7) is 1.20. The van der Waals surface area contributed by atoms with Crippen LogP contribution in [0.3, 0.4) is 0 Å². The summed E-state index contributed by atoms with van der Waals surface area (Å²) in [4.78, 5) is 3.85. The van der Waals surface area contributed by atoms with E-state index in [0.29, 0.717) is 5.56 Å². The van der Waals surface area contributed by atoms with E-state index in [-0.39, 0.29) is 17.0 Å². The summed E-state index contributed by atoms with van der Waals surface area (Å²) >= 11 is 3.25. The molecule has 140 valence electrons. The van der Waals surface area contributed by atoms with Crippen LogP contribution < -0.4 is 4.74 Å². The van der Waals surface area contributed by atoms with Crippen LogP contribution in [0.2, 0.25) is 0 Å². The fourth-order valence-corrected chi connectivity index (χ4v) is 2.61. The van der Waals surface area contributed by atoms with Crippen LogP contribution in [0.1, 0.15) is 11.1 Å². The minimum Gasteiger partial charge on any atom is -0.436 e. The first kappa shape index (κ1) is 19.3. The predicted octanol–water partition coefficient (Wildman–Crippen LogP) is 6.91. The predicted molar refractivity (Wildman–Crippen MR) is 93.5 cm³/mol. The Labute approximate surface area is 159 Å². The largest absolute Gasteiger partial charge is 0.436 e. The molecule has 0 amide bonds. The smallest absolute Gasteiger partial charge is 0.416 e. The van der Waals surface area contributed by atoms with Gasteiger partial charge in [0.25, 0.3) is 5.88 Å². The van der Waals surface area contributed by atoms with E-state index in [1.165, 1.54) is 13.0 Å². The van der Waals surface area contributed by atoms with Crippen LogP contribution in [0.15, 0.2) is 53.0 Å². The summed E-state index contributed by atoms with van der Waals surface area (Å²) in [5.41, 5.74) is -1.09. The number of hydrogen-bond donors (Lipinski definition) is 0. The first-order valence-corrected chi connectivity index (χ1v) is 8.43. The van der Waals surface area contributed by atoms with Gasteiger partial charge in [-0.25, -0.2) is 13.8 Å². The Morgan fingerprint density at radius 1 is 0.963 bits per heavy atom. The van der Waals surface area contributed by atoms with Crippen LogP contribution in [0.5, 0.6) is 11.6 Å². The quantitative estimate of drug-likeness (QED) is 0.410. The molecule has 0 radical (unpaired) electrons. The molecule has 0 spiro atoms. The molecule has 0 unspecified atom stereocenters. The number of benzene rings is 2. The summed E-state index contributed by atoms with van der Waals surface area (Å²) in [5, 5.41) is 0. The fourth-order valence-electron chi connectivity index (χ4n) is 2.35. The van der Waals surface area contributed by atoms with E-state index in [4.69, 9.17) is 4.74 Å². The number of nitrogens with zero attached hydrogens (tertiary/aromatic N) is 1. The SMILES string of the molecule is Cc1c(F)c(Oc2cccc(C(F)(F)F)c2)nc(-c2ccc(Br)cc2)c1F. The van der Waals surface area contributed by atoms with Crippen molar-refractivity contribution in [2.45, 2.75) is 13.1 Å². The molecule has 1 heterocycles. The summed E-state index contributed by atoms with van der Waals surface area (Å²) in [6, 6.07) is 10.4. The second-order valence-corrected chi connectivity index (χ2v) is 6.57. The zero-order valence-electron chi connectivity index (χ0n) is 13.7. The highest BCUT2D eigenvalue weighted by atomic mass is 79.9. The highest BCUT2D eigenvalue weighted by Crippen LogP contribution is 2.35. The van der Waals surface area contributed by atoms with Gasteiger partial charge >= 0.3 is 6.18 Å². The number of alkyl halides is 3. The van der Waals surface area contributed by atoms with Gasteiger partial charge in [-0.3, -0.25) is 0 Å². The molecule has 0 aliphatic carbocycles. The first-order chi connectivity index (χ1) is 12.7. The van der Waals surface area contributed by atoms with Crippen LogP contribution in [-0.2, 0) is 6.18 Å². The van der Waals surface area contributed by atoms with Crippen molar-refractivity contribution < 1.29 is 26.7 Å². The van der Waals surface area contributed by atoms with Gasteiger partial charge in [-0.2, -0.15) is 13.2 Å². The lowest BCUT2D eigenvalue weighted by Gasteiger charge is -2.13. The molecule has 0 saturated carbocycles. The average Bonchev–Trinajstić information content (AvgIpc) is 2.63. The highest BCUT2D eigenvalue weighted by Gasteiger charge is 2.31. The monoisotopic (exact) mass is 443 g/mol. The lowest BCUT2D eigenvalue weighted by atomic mass is 10.1. The molecule has 2 aromatic carbocycles. The Morgan fingerprint density at radius 2 is 1.63 bits per heavy atom. The van der Waals surface area contributed by atoms with Crippen LogP contribution in [0.25, 0.3) is 11.3 Å². The zero-order chi connectivity index (χ0) is 19.8. The minimum atomic E-state index is -4.58. The van der Waals surface area contributed by atoms with Gasteiger partial charge in [0, 0.05) is 15.6 Å². The lowest BCUT2D eigenvalue weighted by Crippen LogP contribution is -2.05. The minimum absolute atomic E-state index is 0.164. The summed E-state index contributed by atoms with van der Waals surface area (Å²) in [7, 11) is 0. The standard InChI is InChI=1S/C19H11BrF5NO/c1-10-15(21)17(11-5-7-13(20)8-6-11)26-18(16(10)22)27-14-4-2-3-12(9-14)19(23,24)25/h2-9H,1H3. The number of halogens is 6. The second kappa shape index (κ2) is 7.26. The molecule has 3 aromatic rings. The van der Waals surface area contributed by atoms with Crippen molar-refractivity contribution in [1.82, 2.24) is 4.98 Å². The number of ether oxygens (including phenoxy) is 1. The average molecular weight is 444 g/mol. The molecule has 0 aliphatic heterocycles. The van der Waals surface area contributed by atoms with E-state index in [2.05, 4.69) is 20.9 Å². The second-order valence-electron chi connectivity index (χ2n) is 5.65. The van der Waals surface area contributed by atoms with Crippen LogP contribution in [-0.4, -0.2) is 4.98 Å². The van der Waals surface area contributed by atoms with Gasteiger partial charge < -0.3 is 4.74 Å². The molecule has 0 bridgehead atoms. The van der Waals surface area contributed by atoms with Gasteiger partial charge in [-0.05, 0) is 37.3 Å². The van der Waals surface area contributed by atoms with E-state index in [1.54, 1.807) is 24.3 Å². The molecule has 8 heteroatoms. The van der Waals surface area contributed by atoms with E-state index in [9.17, 15) is 22.0 Å². The molecule has 0 fully saturated rings. The third kappa shape index (κ3) is 4.10. The van der Waals surface area contributed by atoms with Gasteiger partial charge in [0.1, 0.15) is 11.4 Å². The third-order valence-corrected chi connectivity index (χ3v) is 4.29. The molecule has 1 aromatic heterocycles. The van der Waals surface area contributed by atoms with Gasteiger partial charge in [0.2, 0.25) is 0 Å². The number of hydrogen-bond acceptors (Lipinski definition) is 2. The fraction of sp³-hybridized carbons (Fsp3) is 0.105. The molecule has 2 nitrogen and oxygen atoms in total. The Balaban J connectivity index is 2.05. The molecule has 0 atom stereocenters. The Hall–Kier alpha value is -2.48. The van der Waals surface area contributed by atoms with Crippen molar-refractivity contribution in [2.75, 3.05) is 0 Å². The third-order valence-electron chi connectivity index (χ3n) is 3.76. The summed E-state index contributed by atoms with van der Waals surface area (Å²) < 4.78 is 73.3. The van der Waals surface area contributed by atoms with E-state index in [0.717, 1.165) is 22.7 Å². The van der Waals surface area contributed by atoms with Crippen molar-refractivity contribution in [2.24, 2.45) is 0 Å². The maximum absolute atomic E-state index is 14.5. The molecular weight excluding hydrogens is 433 g/mol. The lowest BCUT2D eigenvalue weighted by molar-refractivity contribution is -0.137. The molecule has 0 saturated heterocycles. The van der Waals surface area contributed by atoms with Gasteiger partial charge in [0.15, 0.2) is 11.6 Å². The summed E-state index contributed by atoms with van der Waals surface area (Å²) in [6.07, 6.45) is -4.58. The van der Waals surface area contributed by atoms with Gasteiger partial charge in [-0.15, -0.1) is 0 Å². The van der Waals surface area contributed by atoms with Crippen molar-refractivity contribution in [1.29, 1.82) is 0 Å². The number of aromatic nitrogens is 1. The highest BCUT2D eigenvalue weighted by molar-refractivity contribution is 9.10. The van der Waals surface area contributed by atoms with Gasteiger partial charge in [0.05, 0.1) is 5.56 Å². The Morgan fingerprint density at radius 3 is 2.26 bits per heavy atom. The van der Waals surface area contributed by atoms with Crippen LogP contribution in [0.4, 0.5) is 22.0 Å². The Bertz CT molecular complexity index is 987. The number of rotatable bonds is 3. The number of pyridine rings is 1. The van der Waals surface area contributed by atoms with Crippen LogP contribution >= 0.6 is 15.9 Å². The first-order valence-electron chi connectivity index (χ1n) is 7.63. The molecule has 27 heavy (non-hydrogen) atoms. The van der Waals surface area contributed by atoms with Crippen molar-refractivity contribution in [3.8, 4) is 22.9 Å². The maximum atomic E-state index is 14.5. The molecule has 0 aliphatic rings. The van der Waals surface area contributed by atoms with Crippen LogP contribution in [0, 0.1) is 18.6 Å². The maximum Gasteiger partial charge on any atom is 0.416 e. The van der Waals surface area contributed by atoms with E-state index >= 15 is 0 Å².